The van der Waals surface area contributed by atoms with E-state index in [0.717, 1.165) is 20.8 Å². The predicted octanol–water partition coefficient (Wildman–Crippen LogP) is -1.54. The van der Waals surface area contributed by atoms with Crippen LogP contribution in [-0.2, 0) is 33.3 Å². The molecule has 0 unspecified atom stereocenters. The van der Waals surface area contributed by atoms with Gasteiger partial charge in [-0.3, -0.25) is 14.4 Å². The molecule has 0 aromatic carbocycles. The van der Waals surface area contributed by atoms with E-state index in [2.05, 4.69) is 0 Å². The summed E-state index contributed by atoms with van der Waals surface area (Å²) >= 11 is 0. The van der Waals surface area contributed by atoms with Crippen LogP contribution in [0.4, 0.5) is 0 Å². The number of rotatable bonds is 4. The van der Waals surface area contributed by atoms with Crippen LogP contribution < -0.4 is 5.73 Å². The highest BCUT2D eigenvalue weighted by molar-refractivity contribution is 5.68. The lowest BCUT2D eigenvalue weighted by Gasteiger charge is -2.42. The molecular weight excluding hydrogens is 286 g/mol. The van der Waals surface area contributed by atoms with Gasteiger partial charge < -0.3 is 29.8 Å². The summed E-state index contributed by atoms with van der Waals surface area (Å²) in [5.74, 6) is -2.02. The molecule has 0 amide bonds. The maximum Gasteiger partial charge on any atom is 0.303 e. The van der Waals surface area contributed by atoms with Crippen molar-refractivity contribution in [2.45, 2.75) is 51.4 Å². The average molecular weight is 305 g/mol. The van der Waals surface area contributed by atoms with Crippen molar-refractivity contribution in [1.29, 1.82) is 0 Å². The van der Waals surface area contributed by atoms with Crippen LogP contribution in [0, 0.1) is 0 Å². The van der Waals surface area contributed by atoms with Crippen LogP contribution in [-0.4, -0.2) is 60.3 Å². The van der Waals surface area contributed by atoms with Gasteiger partial charge in [0, 0.05) is 20.8 Å². The lowest BCUT2D eigenvalue weighted by atomic mass is 9.97. The summed E-state index contributed by atoms with van der Waals surface area (Å²) in [5, 5.41) is 9.29. The third-order valence-electron chi connectivity index (χ3n) is 2.76. The molecule has 0 aromatic rings. The van der Waals surface area contributed by atoms with Gasteiger partial charge in [-0.05, 0) is 0 Å². The minimum absolute atomic E-state index is 0.518. The number of hydrogen-bond donors (Lipinski definition) is 2. The highest BCUT2D eigenvalue weighted by atomic mass is 16.7. The maximum atomic E-state index is 11.2. The molecule has 5 atom stereocenters. The van der Waals surface area contributed by atoms with Gasteiger partial charge in [0.2, 0.25) is 0 Å². The fourth-order valence-electron chi connectivity index (χ4n) is 2.08. The Kier molecular flexibility index (Phi) is 6.06. The second kappa shape index (κ2) is 7.34. The molecule has 1 rings (SSSR count). The van der Waals surface area contributed by atoms with E-state index in [0.29, 0.717) is 0 Å². The third-order valence-corrected chi connectivity index (χ3v) is 2.76. The van der Waals surface area contributed by atoms with E-state index in [4.69, 9.17) is 24.7 Å². The number of aliphatic hydroxyl groups is 1. The van der Waals surface area contributed by atoms with E-state index in [1.54, 1.807) is 0 Å². The monoisotopic (exact) mass is 305 g/mol. The van der Waals surface area contributed by atoms with E-state index in [-0.39, 0.29) is 0 Å². The number of carbonyl (C=O) groups is 3. The summed E-state index contributed by atoms with van der Waals surface area (Å²) in [6, 6.07) is 0. The number of nitrogens with two attached hydrogens (primary N) is 1. The van der Waals surface area contributed by atoms with Crippen LogP contribution in [0.3, 0.4) is 0 Å². The second-order valence-electron chi connectivity index (χ2n) is 4.54. The van der Waals surface area contributed by atoms with E-state index < -0.39 is 55.2 Å². The summed E-state index contributed by atoms with van der Waals surface area (Å²) < 4.78 is 20.3. The van der Waals surface area contributed by atoms with Gasteiger partial charge in [0.25, 0.3) is 0 Å². The Bertz CT molecular complexity index is 412. The SMILES string of the molecule is CC(=O)O[C@@H]1[C@@H](OC(C)=O)[C@H](N)O[C@H](CO)[C@H]1OC(C)=O. The normalized spacial score (nSPS) is 32.1. The zero-order chi connectivity index (χ0) is 16.2. The van der Waals surface area contributed by atoms with Crippen molar-refractivity contribution in [3.8, 4) is 0 Å². The van der Waals surface area contributed by atoms with Crippen LogP contribution >= 0.6 is 0 Å². The first kappa shape index (κ1) is 17.3. The van der Waals surface area contributed by atoms with Gasteiger partial charge in [0.05, 0.1) is 6.61 Å². The first-order valence-electron chi connectivity index (χ1n) is 6.29. The van der Waals surface area contributed by atoms with Gasteiger partial charge in [-0.25, -0.2) is 0 Å². The topological polar surface area (TPSA) is 134 Å². The highest BCUT2D eigenvalue weighted by Crippen LogP contribution is 2.26. The van der Waals surface area contributed by atoms with Gasteiger partial charge in [-0.1, -0.05) is 0 Å². The Morgan fingerprint density at radius 1 is 0.952 bits per heavy atom. The summed E-state index contributed by atoms with van der Waals surface area (Å²) in [6.07, 6.45) is -5.60. The molecule has 0 radical (unpaired) electrons. The number of ether oxygens (including phenoxy) is 4. The number of aliphatic hydroxyl groups excluding tert-OH is 1. The molecule has 120 valence electrons. The van der Waals surface area contributed by atoms with E-state index >= 15 is 0 Å². The van der Waals surface area contributed by atoms with Gasteiger partial charge >= 0.3 is 17.9 Å². The minimum Gasteiger partial charge on any atom is -0.456 e. The largest absolute Gasteiger partial charge is 0.456 e. The number of carbonyl (C=O) groups excluding carboxylic acids is 3. The molecule has 0 aromatic heterocycles. The minimum atomic E-state index is -1.17. The fourth-order valence-corrected chi connectivity index (χ4v) is 2.08. The molecule has 0 bridgehead atoms. The van der Waals surface area contributed by atoms with Gasteiger partial charge in [-0.15, -0.1) is 0 Å². The molecular formula is C12H19NO8. The van der Waals surface area contributed by atoms with Crippen molar-refractivity contribution in [3.05, 3.63) is 0 Å². The van der Waals surface area contributed by atoms with E-state index in [1.807, 2.05) is 0 Å². The van der Waals surface area contributed by atoms with Gasteiger partial charge in [-0.2, -0.15) is 0 Å². The molecule has 0 spiro atoms. The van der Waals surface area contributed by atoms with Crippen LogP contribution in [0.15, 0.2) is 0 Å². The molecule has 0 aliphatic carbocycles. The van der Waals surface area contributed by atoms with Gasteiger partial charge in [0.1, 0.15) is 12.3 Å². The Morgan fingerprint density at radius 2 is 1.38 bits per heavy atom. The van der Waals surface area contributed by atoms with Crippen molar-refractivity contribution in [3.63, 3.8) is 0 Å². The standard InChI is InChI=1S/C12H19NO8/c1-5(15)18-9-8(4-14)21-12(13)11(20-7(3)17)10(9)19-6(2)16/h8-12,14H,4,13H2,1-3H3/t8-,9-,10+,11-,12-/m1/s1. The first-order valence-corrected chi connectivity index (χ1v) is 6.29. The molecule has 21 heavy (non-hydrogen) atoms. The molecule has 1 fully saturated rings. The quantitative estimate of drug-likeness (QED) is 0.468. The van der Waals surface area contributed by atoms with Crippen LogP contribution in [0.1, 0.15) is 20.8 Å². The summed E-state index contributed by atoms with van der Waals surface area (Å²) in [6.45, 7) is 2.92. The second-order valence-corrected chi connectivity index (χ2v) is 4.54. The van der Waals surface area contributed by atoms with Crippen LogP contribution in [0.25, 0.3) is 0 Å². The molecule has 0 saturated carbocycles. The van der Waals surface area contributed by atoms with Crippen molar-refractivity contribution < 1.29 is 38.4 Å². The van der Waals surface area contributed by atoms with E-state index in [9.17, 15) is 19.5 Å². The number of esters is 3. The molecule has 9 heteroatoms. The third kappa shape index (κ3) is 4.66. The average Bonchev–Trinajstić information content (AvgIpc) is 2.35. The molecule has 1 heterocycles. The summed E-state index contributed by atoms with van der Waals surface area (Å²) in [7, 11) is 0. The Balaban J connectivity index is 3.08. The Labute approximate surface area is 121 Å². The van der Waals surface area contributed by atoms with Crippen LogP contribution in [0.5, 0.6) is 0 Å². The molecule has 1 aliphatic heterocycles. The molecule has 9 nitrogen and oxygen atoms in total. The first-order chi connectivity index (χ1) is 9.76. The molecule has 1 aliphatic rings. The Hall–Kier alpha value is -1.71. The van der Waals surface area contributed by atoms with Crippen molar-refractivity contribution in [2.75, 3.05) is 6.61 Å². The lowest BCUT2D eigenvalue weighted by molar-refractivity contribution is -0.250. The highest BCUT2D eigenvalue weighted by Gasteiger charge is 2.50. The predicted molar refractivity (Wildman–Crippen MR) is 66.6 cm³/mol. The molecule has 1 saturated heterocycles. The van der Waals surface area contributed by atoms with Crippen molar-refractivity contribution >= 4 is 17.9 Å². The molecule has 3 N–H and O–H groups in total. The van der Waals surface area contributed by atoms with Crippen molar-refractivity contribution in [2.24, 2.45) is 5.73 Å². The zero-order valence-corrected chi connectivity index (χ0v) is 12.0. The van der Waals surface area contributed by atoms with Gasteiger partial charge in [0.15, 0.2) is 18.3 Å². The van der Waals surface area contributed by atoms with Crippen LogP contribution in [0.2, 0.25) is 0 Å². The fraction of sp³-hybridized carbons (Fsp3) is 0.750. The smallest absolute Gasteiger partial charge is 0.303 e. The van der Waals surface area contributed by atoms with E-state index in [1.165, 1.54) is 0 Å². The summed E-state index contributed by atoms with van der Waals surface area (Å²) in [5.41, 5.74) is 5.71. The lowest BCUT2D eigenvalue weighted by Crippen LogP contribution is -2.64. The maximum absolute atomic E-state index is 11.2. The summed E-state index contributed by atoms with van der Waals surface area (Å²) in [4.78, 5) is 33.5. The van der Waals surface area contributed by atoms with Crippen molar-refractivity contribution in [1.82, 2.24) is 0 Å². The number of hydrogen-bond acceptors (Lipinski definition) is 9. The Morgan fingerprint density at radius 3 is 1.81 bits per heavy atom. The zero-order valence-electron chi connectivity index (χ0n) is 12.0.